The van der Waals surface area contributed by atoms with Crippen LogP contribution in [0.5, 0.6) is 11.5 Å². The second-order valence-corrected chi connectivity index (χ2v) is 5.68. The number of hydrogen-bond donors (Lipinski definition) is 2. The summed E-state index contributed by atoms with van der Waals surface area (Å²) < 4.78 is 10.6. The Morgan fingerprint density at radius 3 is 2.83 bits per heavy atom. The van der Waals surface area contributed by atoms with Gasteiger partial charge in [0.1, 0.15) is 10.7 Å². The van der Waals surface area contributed by atoms with E-state index < -0.39 is 0 Å². The Morgan fingerprint density at radius 2 is 2.04 bits per heavy atom. The van der Waals surface area contributed by atoms with Gasteiger partial charge in [0.2, 0.25) is 6.79 Å². The number of halogens is 2. The molecular formula is C15H19Cl2N3O3S. The third kappa shape index (κ3) is 4.73. The average Bonchev–Trinajstić information content (AvgIpc) is 3.19. The Morgan fingerprint density at radius 1 is 1.25 bits per heavy atom. The fourth-order valence-corrected chi connectivity index (χ4v) is 2.89. The van der Waals surface area contributed by atoms with Gasteiger partial charge in [0.15, 0.2) is 11.5 Å². The lowest BCUT2D eigenvalue weighted by Crippen LogP contribution is -2.26. The highest BCUT2D eigenvalue weighted by Crippen LogP contribution is 2.36. The quantitative estimate of drug-likeness (QED) is 0.740. The number of hydrogen-bond acceptors (Lipinski definition) is 6. The van der Waals surface area contributed by atoms with Gasteiger partial charge >= 0.3 is 0 Å². The molecule has 0 aliphatic carbocycles. The van der Waals surface area contributed by atoms with Crippen molar-refractivity contribution in [3.05, 3.63) is 29.3 Å². The van der Waals surface area contributed by atoms with Gasteiger partial charge in [0, 0.05) is 17.5 Å². The summed E-state index contributed by atoms with van der Waals surface area (Å²) in [4.78, 5) is 16.4. The van der Waals surface area contributed by atoms with Crippen molar-refractivity contribution < 1.29 is 14.3 Å². The van der Waals surface area contributed by atoms with Crippen molar-refractivity contribution in [2.75, 3.05) is 26.9 Å². The van der Waals surface area contributed by atoms with Crippen molar-refractivity contribution in [3.8, 4) is 22.1 Å². The molecule has 0 radical (unpaired) electrons. The molecule has 2 aromatic rings. The molecule has 3 rings (SSSR count). The summed E-state index contributed by atoms with van der Waals surface area (Å²) in [5.41, 5.74) is 1.37. The Hall–Kier alpha value is -1.54. The summed E-state index contributed by atoms with van der Waals surface area (Å²) in [7, 11) is 1.89. The Bertz CT molecular complexity index is 682. The molecule has 0 atom stereocenters. The number of benzene rings is 1. The predicted octanol–water partition coefficient (Wildman–Crippen LogP) is 2.72. The Balaban J connectivity index is 0.00000144. The molecule has 1 aromatic carbocycles. The maximum absolute atomic E-state index is 12.0. The Labute approximate surface area is 156 Å². The molecule has 0 spiro atoms. The number of nitrogens with zero attached hydrogens (tertiary/aromatic N) is 1. The van der Waals surface area contributed by atoms with Crippen molar-refractivity contribution in [2.45, 2.75) is 6.42 Å². The highest BCUT2D eigenvalue weighted by Gasteiger charge is 2.16. The van der Waals surface area contributed by atoms with Crippen LogP contribution in [0.2, 0.25) is 0 Å². The predicted molar refractivity (Wildman–Crippen MR) is 99.0 cm³/mol. The molecule has 0 saturated carbocycles. The van der Waals surface area contributed by atoms with Gasteiger partial charge in [-0.3, -0.25) is 4.79 Å². The molecule has 24 heavy (non-hydrogen) atoms. The highest BCUT2D eigenvalue weighted by molar-refractivity contribution is 7.13. The van der Waals surface area contributed by atoms with Crippen molar-refractivity contribution in [1.29, 1.82) is 0 Å². The van der Waals surface area contributed by atoms with Crippen LogP contribution in [0, 0.1) is 0 Å². The van der Waals surface area contributed by atoms with E-state index in [4.69, 9.17) is 9.47 Å². The first-order valence-corrected chi connectivity index (χ1v) is 7.94. The maximum atomic E-state index is 12.0. The van der Waals surface area contributed by atoms with E-state index in [0.29, 0.717) is 18.0 Å². The van der Waals surface area contributed by atoms with E-state index in [2.05, 4.69) is 15.6 Å². The monoisotopic (exact) mass is 391 g/mol. The zero-order chi connectivity index (χ0) is 15.4. The van der Waals surface area contributed by atoms with Crippen LogP contribution in [0.3, 0.4) is 0 Å². The van der Waals surface area contributed by atoms with Crippen LogP contribution in [-0.4, -0.2) is 37.8 Å². The molecule has 0 fully saturated rings. The third-order valence-electron chi connectivity index (χ3n) is 3.25. The summed E-state index contributed by atoms with van der Waals surface area (Å²) in [6.07, 6.45) is 0.890. The highest BCUT2D eigenvalue weighted by atomic mass is 35.5. The van der Waals surface area contributed by atoms with E-state index in [1.54, 1.807) is 5.38 Å². The second kappa shape index (κ2) is 9.68. The number of nitrogens with one attached hydrogen (secondary N) is 2. The largest absolute Gasteiger partial charge is 0.454 e. The van der Waals surface area contributed by atoms with Crippen LogP contribution in [0.4, 0.5) is 0 Å². The van der Waals surface area contributed by atoms with Crippen molar-refractivity contribution >= 4 is 42.1 Å². The van der Waals surface area contributed by atoms with Crippen LogP contribution in [0.15, 0.2) is 23.6 Å². The molecule has 0 bridgehead atoms. The molecule has 2 N–H and O–H groups in total. The van der Waals surface area contributed by atoms with E-state index in [-0.39, 0.29) is 37.5 Å². The number of carbonyl (C=O) groups excluding carboxylic acids is 1. The molecule has 9 heteroatoms. The number of aromatic nitrogens is 1. The topological polar surface area (TPSA) is 72.5 Å². The van der Waals surface area contributed by atoms with Crippen LogP contribution >= 0.6 is 36.2 Å². The van der Waals surface area contributed by atoms with Gasteiger partial charge < -0.3 is 20.1 Å². The molecule has 1 aliphatic heterocycles. The third-order valence-corrected chi connectivity index (χ3v) is 4.14. The number of ether oxygens (including phenoxy) is 2. The fraction of sp³-hybridized carbons (Fsp3) is 0.333. The molecule has 1 aliphatic rings. The smallest absolute Gasteiger partial charge is 0.270 e. The first kappa shape index (κ1) is 20.5. The first-order chi connectivity index (χ1) is 10.8. The number of rotatable bonds is 6. The lowest BCUT2D eigenvalue weighted by atomic mass is 10.2. The minimum Gasteiger partial charge on any atom is -0.454 e. The van der Waals surface area contributed by atoms with Crippen LogP contribution in [0.25, 0.3) is 10.6 Å². The summed E-state index contributed by atoms with van der Waals surface area (Å²) in [6, 6.07) is 5.66. The zero-order valence-corrected chi connectivity index (χ0v) is 15.5. The van der Waals surface area contributed by atoms with Crippen molar-refractivity contribution in [3.63, 3.8) is 0 Å². The molecule has 0 saturated heterocycles. The van der Waals surface area contributed by atoms with E-state index in [1.807, 2.05) is 25.2 Å². The van der Waals surface area contributed by atoms with Gasteiger partial charge in [-0.05, 0) is 38.2 Å². The molecule has 132 valence electrons. The minimum atomic E-state index is -0.139. The van der Waals surface area contributed by atoms with E-state index >= 15 is 0 Å². The second-order valence-electron chi connectivity index (χ2n) is 4.82. The van der Waals surface area contributed by atoms with E-state index in [0.717, 1.165) is 29.3 Å². The number of amides is 1. The van der Waals surface area contributed by atoms with Gasteiger partial charge in [-0.15, -0.1) is 36.2 Å². The Kier molecular flexibility index (Phi) is 8.27. The first-order valence-electron chi connectivity index (χ1n) is 7.06. The van der Waals surface area contributed by atoms with E-state index in [1.165, 1.54) is 11.3 Å². The van der Waals surface area contributed by atoms with Gasteiger partial charge in [-0.2, -0.15) is 0 Å². The van der Waals surface area contributed by atoms with Gasteiger partial charge in [-0.25, -0.2) is 4.98 Å². The SMILES string of the molecule is CNCCCNC(=O)c1csc(-c2ccc3c(c2)OCO3)n1.Cl.Cl. The van der Waals surface area contributed by atoms with Crippen molar-refractivity contribution in [2.24, 2.45) is 0 Å². The van der Waals surface area contributed by atoms with Crippen LogP contribution < -0.4 is 20.1 Å². The van der Waals surface area contributed by atoms with Crippen molar-refractivity contribution in [1.82, 2.24) is 15.6 Å². The summed E-state index contributed by atoms with van der Waals surface area (Å²) >= 11 is 1.44. The molecule has 1 amide bonds. The fourth-order valence-electron chi connectivity index (χ4n) is 2.10. The summed E-state index contributed by atoms with van der Waals surface area (Å²) in [5, 5.41) is 8.46. The molecule has 0 unspecified atom stereocenters. The lowest BCUT2D eigenvalue weighted by Gasteiger charge is -2.02. The van der Waals surface area contributed by atoms with Crippen LogP contribution in [0.1, 0.15) is 16.9 Å². The van der Waals surface area contributed by atoms with Gasteiger partial charge in [0.05, 0.1) is 0 Å². The normalized spacial score (nSPS) is 11.4. The standard InChI is InChI=1S/C15H17N3O3S.2ClH/c1-16-5-2-6-17-14(19)11-8-22-15(18-11)10-3-4-12-13(7-10)21-9-20-12;;/h3-4,7-8,16H,2,5-6,9H2,1H3,(H,17,19);2*1H. The number of fused-ring (bicyclic) bond motifs is 1. The molecule has 6 nitrogen and oxygen atoms in total. The zero-order valence-electron chi connectivity index (χ0n) is 13.0. The summed E-state index contributed by atoms with van der Waals surface area (Å²) in [6.45, 7) is 1.76. The summed E-state index contributed by atoms with van der Waals surface area (Å²) in [5.74, 6) is 1.31. The maximum Gasteiger partial charge on any atom is 0.270 e. The van der Waals surface area contributed by atoms with Gasteiger partial charge in [-0.1, -0.05) is 0 Å². The van der Waals surface area contributed by atoms with Crippen LogP contribution in [-0.2, 0) is 0 Å². The number of thiazole rings is 1. The molecular weight excluding hydrogens is 373 g/mol. The van der Waals surface area contributed by atoms with Gasteiger partial charge in [0.25, 0.3) is 5.91 Å². The molecule has 1 aromatic heterocycles. The molecule has 2 heterocycles. The minimum absolute atomic E-state index is 0. The number of carbonyl (C=O) groups is 1. The van der Waals surface area contributed by atoms with E-state index in [9.17, 15) is 4.79 Å². The average molecular weight is 392 g/mol. The lowest BCUT2D eigenvalue weighted by molar-refractivity contribution is 0.0949.